The van der Waals surface area contributed by atoms with Gasteiger partial charge in [-0.25, -0.2) is 0 Å². The van der Waals surface area contributed by atoms with E-state index in [4.69, 9.17) is 0 Å². The summed E-state index contributed by atoms with van der Waals surface area (Å²) in [6, 6.07) is 0.00706. The number of carbonyl (C=O) groups excluding carboxylic acids is 2. The topological polar surface area (TPSA) is 52.7 Å². The molecule has 2 aliphatic rings. The average Bonchev–Trinajstić information content (AvgIpc) is 2.39. The first kappa shape index (κ1) is 12.4. The molecular formula is C12H21N3O2. The van der Waals surface area contributed by atoms with Gasteiger partial charge in [-0.2, -0.15) is 0 Å². The molecule has 1 N–H and O–H groups in total. The van der Waals surface area contributed by atoms with Gasteiger partial charge in [-0.3, -0.25) is 9.59 Å². The third-order valence-corrected chi connectivity index (χ3v) is 3.65. The van der Waals surface area contributed by atoms with Crippen molar-refractivity contribution in [3.63, 3.8) is 0 Å². The number of nitrogens with zero attached hydrogens (tertiary/aromatic N) is 2. The van der Waals surface area contributed by atoms with Crippen molar-refractivity contribution in [1.82, 2.24) is 15.1 Å². The molecule has 1 atom stereocenters. The van der Waals surface area contributed by atoms with Gasteiger partial charge >= 0.3 is 0 Å². The lowest BCUT2D eigenvalue weighted by molar-refractivity contribution is -0.140. The summed E-state index contributed by atoms with van der Waals surface area (Å²) in [6.07, 6.45) is 3.25. The van der Waals surface area contributed by atoms with Crippen molar-refractivity contribution < 1.29 is 9.59 Å². The van der Waals surface area contributed by atoms with Gasteiger partial charge in [0, 0.05) is 33.1 Å². The molecule has 96 valence electrons. The maximum atomic E-state index is 12.2. The predicted molar refractivity (Wildman–Crippen MR) is 64.5 cm³/mol. The van der Waals surface area contributed by atoms with Crippen molar-refractivity contribution in [2.45, 2.75) is 32.2 Å². The predicted octanol–water partition coefficient (Wildman–Crippen LogP) is -0.181. The second-order valence-electron chi connectivity index (χ2n) is 4.83. The van der Waals surface area contributed by atoms with Crippen LogP contribution in [0.4, 0.5) is 0 Å². The van der Waals surface area contributed by atoms with E-state index in [0.717, 1.165) is 19.4 Å². The Morgan fingerprint density at radius 1 is 1.06 bits per heavy atom. The Morgan fingerprint density at radius 3 is 2.24 bits per heavy atom. The highest BCUT2D eigenvalue weighted by Crippen LogP contribution is 2.11. The largest absolute Gasteiger partial charge is 0.339 e. The maximum absolute atomic E-state index is 12.2. The van der Waals surface area contributed by atoms with E-state index in [2.05, 4.69) is 5.32 Å². The molecule has 2 amide bonds. The minimum Gasteiger partial charge on any atom is -0.339 e. The van der Waals surface area contributed by atoms with Gasteiger partial charge < -0.3 is 15.1 Å². The van der Waals surface area contributed by atoms with Crippen LogP contribution in [0, 0.1) is 0 Å². The van der Waals surface area contributed by atoms with Crippen LogP contribution in [0.2, 0.25) is 0 Å². The van der Waals surface area contributed by atoms with E-state index >= 15 is 0 Å². The normalized spacial score (nSPS) is 25.8. The first-order valence-corrected chi connectivity index (χ1v) is 6.46. The molecule has 0 unspecified atom stereocenters. The number of piperidine rings is 1. The van der Waals surface area contributed by atoms with Gasteiger partial charge in [0.25, 0.3) is 0 Å². The molecule has 0 aliphatic carbocycles. The number of carbonyl (C=O) groups is 2. The van der Waals surface area contributed by atoms with Gasteiger partial charge in [0.1, 0.15) is 0 Å². The molecule has 5 heteroatoms. The third kappa shape index (κ3) is 2.97. The summed E-state index contributed by atoms with van der Waals surface area (Å²) in [5.41, 5.74) is 0. The molecule has 2 fully saturated rings. The summed E-state index contributed by atoms with van der Waals surface area (Å²) in [7, 11) is 0. The molecular weight excluding hydrogens is 218 g/mol. The molecule has 2 saturated heterocycles. The van der Waals surface area contributed by atoms with Gasteiger partial charge in [0.15, 0.2) is 0 Å². The standard InChI is InChI=1S/C12H21N3O2/c1-10(16)14-6-8-15(9-7-14)12(17)11-4-2-3-5-13-11/h11,13H,2-9H2,1H3/t11-/m0/s1. The molecule has 2 heterocycles. The van der Waals surface area contributed by atoms with Gasteiger partial charge in [0.05, 0.1) is 6.04 Å². The van der Waals surface area contributed by atoms with Crippen LogP contribution < -0.4 is 5.32 Å². The van der Waals surface area contributed by atoms with E-state index < -0.39 is 0 Å². The van der Waals surface area contributed by atoms with Crippen LogP contribution in [0.25, 0.3) is 0 Å². The quantitative estimate of drug-likeness (QED) is 0.690. The number of piperazine rings is 1. The van der Waals surface area contributed by atoms with Gasteiger partial charge in [0.2, 0.25) is 11.8 Å². The molecule has 0 radical (unpaired) electrons. The maximum Gasteiger partial charge on any atom is 0.239 e. The zero-order valence-electron chi connectivity index (χ0n) is 10.4. The van der Waals surface area contributed by atoms with E-state index in [1.807, 2.05) is 4.90 Å². The molecule has 17 heavy (non-hydrogen) atoms. The fourth-order valence-electron chi connectivity index (χ4n) is 2.52. The number of hydrogen-bond acceptors (Lipinski definition) is 3. The van der Waals surface area contributed by atoms with Gasteiger partial charge in [-0.15, -0.1) is 0 Å². The minimum atomic E-state index is 0.00706. The second kappa shape index (κ2) is 5.49. The Bertz CT molecular complexity index is 292. The first-order valence-electron chi connectivity index (χ1n) is 6.46. The van der Waals surface area contributed by atoms with Crippen LogP contribution in [0.15, 0.2) is 0 Å². The van der Waals surface area contributed by atoms with Crippen LogP contribution in [0.3, 0.4) is 0 Å². The fraction of sp³-hybridized carbons (Fsp3) is 0.833. The molecule has 0 aromatic heterocycles. The summed E-state index contributed by atoms with van der Waals surface area (Å²) < 4.78 is 0. The summed E-state index contributed by atoms with van der Waals surface area (Å²) >= 11 is 0. The zero-order chi connectivity index (χ0) is 12.3. The van der Waals surface area contributed by atoms with Crippen LogP contribution in [-0.2, 0) is 9.59 Å². The molecule has 0 spiro atoms. The molecule has 0 aromatic rings. The minimum absolute atomic E-state index is 0.00706. The summed E-state index contributed by atoms with van der Waals surface area (Å²) in [5, 5.41) is 3.28. The molecule has 2 rings (SSSR count). The highest BCUT2D eigenvalue weighted by molar-refractivity contribution is 5.82. The molecule has 0 bridgehead atoms. The monoisotopic (exact) mass is 239 g/mol. The van der Waals surface area contributed by atoms with E-state index in [1.165, 1.54) is 6.42 Å². The van der Waals surface area contributed by atoms with E-state index in [-0.39, 0.29) is 17.9 Å². The van der Waals surface area contributed by atoms with Crippen molar-refractivity contribution in [2.75, 3.05) is 32.7 Å². The number of rotatable bonds is 1. The first-order chi connectivity index (χ1) is 8.18. The number of hydrogen-bond donors (Lipinski definition) is 1. The smallest absolute Gasteiger partial charge is 0.239 e. The van der Waals surface area contributed by atoms with Crippen LogP contribution in [-0.4, -0.2) is 60.4 Å². The van der Waals surface area contributed by atoms with Crippen LogP contribution in [0.5, 0.6) is 0 Å². The van der Waals surface area contributed by atoms with Crippen molar-refractivity contribution in [3.05, 3.63) is 0 Å². The van der Waals surface area contributed by atoms with Crippen LogP contribution >= 0.6 is 0 Å². The highest BCUT2D eigenvalue weighted by atomic mass is 16.2. The fourth-order valence-corrected chi connectivity index (χ4v) is 2.52. The van der Waals surface area contributed by atoms with E-state index in [9.17, 15) is 9.59 Å². The Kier molecular flexibility index (Phi) is 3.99. The van der Waals surface area contributed by atoms with Crippen molar-refractivity contribution >= 4 is 11.8 Å². The molecule has 2 aliphatic heterocycles. The Hall–Kier alpha value is -1.10. The van der Waals surface area contributed by atoms with Gasteiger partial charge in [-0.05, 0) is 19.4 Å². The SMILES string of the molecule is CC(=O)N1CCN(C(=O)[C@@H]2CCCCN2)CC1. The summed E-state index contributed by atoms with van der Waals surface area (Å²) in [5.74, 6) is 0.320. The Morgan fingerprint density at radius 2 is 1.71 bits per heavy atom. The van der Waals surface area contributed by atoms with Crippen LogP contribution in [0.1, 0.15) is 26.2 Å². The van der Waals surface area contributed by atoms with Gasteiger partial charge in [-0.1, -0.05) is 6.42 Å². The van der Waals surface area contributed by atoms with Crippen molar-refractivity contribution in [3.8, 4) is 0 Å². The number of amides is 2. The molecule has 0 saturated carbocycles. The number of nitrogens with one attached hydrogen (secondary N) is 1. The summed E-state index contributed by atoms with van der Waals surface area (Å²) in [4.78, 5) is 27.1. The lowest BCUT2D eigenvalue weighted by Gasteiger charge is -2.36. The van der Waals surface area contributed by atoms with E-state index in [0.29, 0.717) is 26.2 Å². The Balaban J connectivity index is 1.83. The second-order valence-corrected chi connectivity index (χ2v) is 4.83. The molecule has 5 nitrogen and oxygen atoms in total. The highest BCUT2D eigenvalue weighted by Gasteiger charge is 2.28. The Labute approximate surface area is 102 Å². The van der Waals surface area contributed by atoms with Crippen molar-refractivity contribution in [1.29, 1.82) is 0 Å². The zero-order valence-corrected chi connectivity index (χ0v) is 10.4. The summed E-state index contributed by atoms with van der Waals surface area (Å²) in [6.45, 7) is 5.23. The lowest BCUT2D eigenvalue weighted by Crippen LogP contribution is -2.55. The third-order valence-electron chi connectivity index (χ3n) is 3.65. The van der Waals surface area contributed by atoms with Crippen molar-refractivity contribution in [2.24, 2.45) is 0 Å². The van der Waals surface area contributed by atoms with E-state index in [1.54, 1.807) is 11.8 Å². The molecule has 0 aromatic carbocycles. The average molecular weight is 239 g/mol. The lowest BCUT2D eigenvalue weighted by atomic mass is 10.0.